The fourth-order valence-electron chi connectivity index (χ4n) is 5.17. The number of rotatable bonds is 16. The van der Waals surface area contributed by atoms with Crippen LogP contribution in [0, 0.1) is 5.92 Å². The van der Waals surface area contributed by atoms with Gasteiger partial charge in [-0.15, -0.1) is 0 Å². The molecule has 2 aromatic carbocycles. The van der Waals surface area contributed by atoms with Crippen molar-refractivity contribution in [1.29, 1.82) is 0 Å². The van der Waals surface area contributed by atoms with Gasteiger partial charge in [0.2, 0.25) is 23.6 Å². The number of carbonyl (C=O) groups excluding carboxylic acids is 5. The molecule has 3 rings (SSSR count). The van der Waals surface area contributed by atoms with E-state index in [1.54, 1.807) is 13.8 Å². The third-order valence-electron chi connectivity index (χ3n) is 7.64. The van der Waals surface area contributed by atoms with E-state index in [9.17, 15) is 38.7 Å². The van der Waals surface area contributed by atoms with Gasteiger partial charge in [0.05, 0.1) is 6.42 Å². The smallest absolute Gasteiger partial charge is 0.407 e. The highest BCUT2D eigenvalue weighted by molar-refractivity contribution is 5.96. The number of hydrogen-bond donors (Lipinski definition) is 7. The summed E-state index contributed by atoms with van der Waals surface area (Å²) in [5.74, 6) is -7.27. The normalized spacial score (nSPS) is 14.4. The number of benzene rings is 2. The molecule has 252 valence electrons. The fraction of sp³-hybridized carbons (Fsp3) is 0.406. The van der Waals surface area contributed by atoms with Gasteiger partial charge in [-0.1, -0.05) is 62.4 Å². The number of carboxylic acids is 2. The van der Waals surface area contributed by atoms with Crippen LogP contribution in [0.5, 0.6) is 0 Å². The number of ether oxygens (including phenoxy) is 1. The van der Waals surface area contributed by atoms with Crippen LogP contribution >= 0.6 is 0 Å². The first-order valence-corrected chi connectivity index (χ1v) is 14.9. The molecule has 5 amide bonds. The van der Waals surface area contributed by atoms with Crippen LogP contribution in [-0.4, -0.2) is 82.6 Å². The quantitative estimate of drug-likeness (QED) is 0.135. The molecule has 0 aromatic heterocycles. The van der Waals surface area contributed by atoms with E-state index in [2.05, 4.69) is 21.3 Å². The molecule has 15 heteroatoms. The van der Waals surface area contributed by atoms with Gasteiger partial charge in [0.25, 0.3) is 0 Å². The summed E-state index contributed by atoms with van der Waals surface area (Å²) in [6.07, 6.45) is -2.61. The molecule has 0 aliphatic heterocycles. The van der Waals surface area contributed by atoms with E-state index >= 15 is 0 Å². The van der Waals surface area contributed by atoms with Gasteiger partial charge < -0.3 is 42.0 Å². The van der Waals surface area contributed by atoms with Gasteiger partial charge >= 0.3 is 18.0 Å². The van der Waals surface area contributed by atoms with Crippen molar-refractivity contribution in [3.63, 3.8) is 0 Å². The van der Waals surface area contributed by atoms with E-state index in [1.807, 2.05) is 48.5 Å². The third kappa shape index (κ3) is 9.76. The van der Waals surface area contributed by atoms with Crippen LogP contribution in [0.25, 0.3) is 11.1 Å². The van der Waals surface area contributed by atoms with Crippen molar-refractivity contribution in [3.05, 3.63) is 59.7 Å². The summed E-state index contributed by atoms with van der Waals surface area (Å²) in [6.45, 7) is 4.59. The standard InChI is InChI=1S/C32H39N5O10/c1-16(2)27(31(45)36-24(14-26(40)41)30(44)35-23(28(33)42)12-13-25(38)39)37-29(43)17(3)34-32(46)47-15-22-20-10-6-4-8-18(20)19-9-5-7-11-21(19)22/h4-11,16-17,22-24,27H,12-15H2,1-3H3,(H2,33,42)(H,34,46)(H,35,44)(H,36,45)(H,37,43)(H,38,39)(H,40,41)/t17-,23-,24-,27-/m0/s1. The average Bonchev–Trinajstić information content (AvgIpc) is 3.33. The molecule has 0 bridgehead atoms. The molecule has 15 nitrogen and oxygen atoms in total. The monoisotopic (exact) mass is 653 g/mol. The van der Waals surface area contributed by atoms with Gasteiger partial charge in [-0.25, -0.2) is 4.79 Å². The van der Waals surface area contributed by atoms with Crippen LogP contribution in [0.15, 0.2) is 48.5 Å². The van der Waals surface area contributed by atoms with Gasteiger partial charge in [0.15, 0.2) is 0 Å². The molecule has 8 N–H and O–H groups in total. The minimum atomic E-state index is -1.69. The van der Waals surface area contributed by atoms with E-state index in [4.69, 9.17) is 15.6 Å². The summed E-state index contributed by atoms with van der Waals surface area (Å²) in [5, 5.41) is 27.5. The molecule has 0 heterocycles. The Morgan fingerprint density at radius 3 is 1.81 bits per heavy atom. The lowest BCUT2D eigenvalue weighted by molar-refractivity contribution is -0.141. The maximum Gasteiger partial charge on any atom is 0.407 e. The van der Waals surface area contributed by atoms with Crippen molar-refractivity contribution in [2.75, 3.05) is 6.61 Å². The lowest BCUT2D eigenvalue weighted by Gasteiger charge is -2.26. The van der Waals surface area contributed by atoms with Crippen LogP contribution in [0.3, 0.4) is 0 Å². The molecule has 47 heavy (non-hydrogen) atoms. The lowest BCUT2D eigenvalue weighted by Crippen LogP contribution is -2.59. The number of carboxylic acid groups (broad SMARTS) is 2. The Morgan fingerprint density at radius 2 is 1.30 bits per heavy atom. The van der Waals surface area contributed by atoms with Crippen molar-refractivity contribution in [2.45, 2.75) is 70.1 Å². The summed E-state index contributed by atoms with van der Waals surface area (Å²) in [5.41, 5.74) is 9.36. The summed E-state index contributed by atoms with van der Waals surface area (Å²) >= 11 is 0. The number of amides is 5. The van der Waals surface area contributed by atoms with E-state index in [-0.39, 0.29) is 18.9 Å². The fourth-order valence-corrected chi connectivity index (χ4v) is 5.17. The Morgan fingerprint density at radius 1 is 0.745 bits per heavy atom. The number of hydrogen-bond acceptors (Lipinski definition) is 8. The molecular weight excluding hydrogens is 614 g/mol. The predicted octanol–water partition coefficient (Wildman–Crippen LogP) is 0.849. The summed E-state index contributed by atoms with van der Waals surface area (Å²) in [7, 11) is 0. The van der Waals surface area contributed by atoms with Gasteiger partial charge in [0, 0.05) is 12.3 Å². The molecule has 0 saturated heterocycles. The van der Waals surface area contributed by atoms with Crippen molar-refractivity contribution < 1.29 is 48.5 Å². The van der Waals surface area contributed by atoms with Gasteiger partial charge in [-0.3, -0.25) is 28.8 Å². The highest BCUT2D eigenvalue weighted by Crippen LogP contribution is 2.44. The highest BCUT2D eigenvalue weighted by atomic mass is 16.5. The molecule has 0 spiro atoms. The number of fused-ring (bicyclic) bond motifs is 3. The van der Waals surface area contributed by atoms with Crippen molar-refractivity contribution in [3.8, 4) is 11.1 Å². The Kier molecular flexibility index (Phi) is 12.4. The number of nitrogens with two attached hydrogens (primary N) is 1. The molecule has 4 atom stereocenters. The van der Waals surface area contributed by atoms with E-state index < -0.39 is 84.6 Å². The van der Waals surface area contributed by atoms with Gasteiger partial charge in [-0.05, 0) is 41.5 Å². The summed E-state index contributed by atoms with van der Waals surface area (Å²) in [6, 6.07) is 10.1. The minimum Gasteiger partial charge on any atom is -0.481 e. The Balaban J connectivity index is 1.60. The van der Waals surface area contributed by atoms with E-state index in [1.165, 1.54) is 6.92 Å². The SMILES string of the molecule is CC(C)[C@H](NC(=O)[C@H](C)NC(=O)OCC1c2ccccc2-c2ccccc21)C(=O)N[C@@H](CC(=O)O)C(=O)N[C@@H](CCC(=O)O)C(N)=O. The molecule has 0 saturated carbocycles. The highest BCUT2D eigenvalue weighted by Gasteiger charge is 2.33. The number of nitrogens with one attached hydrogen (secondary N) is 4. The Hall–Kier alpha value is -5.47. The molecule has 0 unspecified atom stereocenters. The lowest BCUT2D eigenvalue weighted by atomic mass is 9.98. The number of alkyl carbamates (subject to hydrolysis) is 1. The molecule has 1 aliphatic carbocycles. The Labute approximate surface area is 270 Å². The van der Waals surface area contributed by atoms with Crippen molar-refractivity contribution in [2.24, 2.45) is 11.7 Å². The van der Waals surface area contributed by atoms with Crippen molar-refractivity contribution in [1.82, 2.24) is 21.3 Å². The molecule has 2 aromatic rings. The predicted molar refractivity (Wildman–Crippen MR) is 167 cm³/mol. The maximum absolute atomic E-state index is 13.2. The molecular formula is C32H39N5O10. The number of aliphatic carboxylic acids is 2. The maximum atomic E-state index is 13.2. The van der Waals surface area contributed by atoms with Crippen molar-refractivity contribution >= 4 is 41.7 Å². The van der Waals surface area contributed by atoms with Gasteiger partial charge in [0.1, 0.15) is 30.8 Å². The topological polar surface area (TPSA) is 243 Å². The first-order valence-electron chi connectivity index (χ1n) is 14.9. The average molecular weight is 654 g/mol. The summed E-state index contributed by atoms with van der Waals surface area (Å²) in [4.78, 5) is 85.7. The number of carbonyl (C=O) groups is 7. The van der Waals surface area contributed by atoms with E-state index in [0.717, 1.165) is 22.3 Å². The largest absolute Gasteiger partial charge is 0.481 e. The summed E-state index contributed by atoms with van der Waals surface area (Å²) < 4.78 is 5.48. The van der Waals surface area contributed by atoms with E-state index in [0.29, 0.717) is 0 Å². The second-order valence-electron chi connectivity index (χ2n) is 11.5. The third-order valence-corrected chi connectivity index (χ3v) is 7.64. The molecule has 0 radical (unpaired) electrons. The molecule has 0 fully saturated rings. The Bertz CT molecular complexity index is 1480. The zero-order valence-corrected chi connectivity index (χ0v) is 26.1. The van der Waals surface area contributed by atoms with Crippen LogP contribution in [0.1, 0.15) is 57.1 Å². The van der Waals surface area contributed by atoms with Crippen LogP contribution in [0.4, 0.5) is 4.79 Å². The second kappa shape index (κ2) is 16.2. The number of primary amides is 1. The first-order chi connectivity index (χ1) is 22.2. The van der Waals surface area contributed by atoms with Crippen LogP contribution in [-0.2, 0) is 33.5 Å². The minimum absolute atomic E-state index is 0.0190. The van der Waals surface area contributed by atoms with Crippen LogP contribution < -0.4 is 27.0 Å². The molecule has 1 aliphatic rings. The second-order valence-corrected chi connectivity index (χ2v) is 11.5. The van der Waals surface area contributed by atoms with Gasteiger partial charge in [-0.2, -0.15) is 0 Å². The van der Waals surface area contributed by atoms with Crippen LogP contribution in [0.2, 0.25) is 0 Å². The zero-order chi connectivity index (χ0) is 34.8. The zero-order valence-electron chi connectivity index (χ0n) is 26.1. The first kappa shape index (κ1) is 36.0.